The first kappa shape index (κ1) is 27.7. The molecule has 1 aromatic carbocycles. The van der Waals surface area contributed by atoms with Gasteiger partial charge in [0.25, 0.3) is 0 Å². The number of ether oxygens (including phenoxy) is 1. The lowest BCUT2D eigenvalue weighted by atomic mass is 10.1. The third-order valence-corrected chi connectivity index (χ3v) is 4.28. The van der Waals surface area contributed by atoms with Crippen LogP contribution in [-0.2, 0) is 11.2 Å². The van der Waals surface area contributed by atoms with Crippen LogP contribution in [0.25, 0.3) is 11.5 Å². The number of hydrogen-bond acceptors (Lipinski definition) is 5. The van der Waals surface area contributed by atoms with Crippen molar-refractivity contribution in [3.63, 3.8) is 0 Å². The van der Waals surface area contributed by atoms with Gasteiger partial charge < -0.3 is 25.1 Å². The summed E-state index contributed by atoms with van der Waals surface area (Å²) in [7, 11) is 1.70. The summed E-state index contributed by atoms with van der Waals surface area (Å²) in [6.45, 7) is 12.5. The molecule has 8 nitrogen and oxygen atoms in total. The molecule has 0 aliphatic carbocycles. The quantitative estimate of drug-likeness (QED) is 0.267. The SMILES string of the molecule is CN=C(NCCc1coc(-c2ccc(C)cc2)n1)NCC(C)(C)NC(=O)OC(C)(C)C.I. The fourth-order valence-corrected chi connectivity index (χ4v) is 2.71. The summed E-state index contributed by atoms with van der Waals surface area (Å²) in [4.78, 5) is 20.8. The molecule has 0 unspecified atom stereocenters. The third kappa shape index (κ3) is 9.88. The number of hydrogen-bond donors (Lipinski definition) is 3. The smallest absolute Gasteiger partial charge is 0.408 e. The Morgan fingerprint density at radius 1 is 1.12 bits per heavy atom. The number of aromatic nitrogens is 1. The van der Waals surface area contributed by atoms with Gasteiger partial charge in [0, 0.05) is 32.1 Å². The number of oxazole rings is 1. The molecular formula is C23H36IN5O3. The first-order valence-electron chi connectivity index (χ1n) is 10.4. The van der Waals surface area contributed by atoms with Crippen LogP contribution in [0.3, 0.4) is 0 Å². The van der Waals surface area contributed by atoms with E-state index in [4.69, 9.17) is 9.15 Å². The second-order valence-corrected chi connectivity index (χ2v) is 9.12. The van der Waals surface area contributed by atoms with E-state index >= 15 is 0 Å². The van der Waals surface area contributed by atoms with Gasteiger partial charge in [0.1, 0.15) is 11.9 Å². The van der Waals surface area contributed by atoms with Crippen LogP contribution >= 0.6 is 24.0 Å². The van der Waals surface area contributed by atoms with Gasteiger partial charge >= 0.3 is 6.09 Å². The molecular weight excluding hydrogens is 521 g/mol. The second-order valence-electron chi connectivity index (χ2n) is 9.12. The van der Waals surface area contributed by atoms with Crippen LogP contribution in [-0.4, -0.2) is 48.3 Å². The summed E-state index contributed by atoms with van der Waals surface area (Å²) in [5.41, 5.74) is 1.97. The molecule has 0 aliphatic rings. The van der Waals surface area contributed by atoms with Gasteiger partial charge in [-0.05, 0) is 53.7 Å². The van der Waals surface area contributed by atoms with E-state index in [-0.39, 0.29) is 24.0 Å². The average molecular weight is 557 g/mol. The Balaban J connectivity index is 0.00000512. The molecule has 0 aliphatic heterocycles. The lowest BCUT2D eigenvalue weighted by molar-refractivity contribution is 0.0474. The number of guanidine groups is 1. The number of carbonyl (C=O) groups excluding carboxylic acids is 1. The van der Waals surface area contributed by atoms with E-state index in [2.05, 4.69) is 25.9 Å². The van der Waals surface area contributed by atoms with E-state index in [0.717, 1.165) is 11.3 Å². The largest absolute Gasteiger partial charge is 0.444 e. The van der Waals surface area contributed by atoms with Crippen molar-refractivity contribution in [3.05, 3.63) is 41.8 Å². The van der Waals surface area contributed by atoms with Crippen molar-refractivity contribution in [2.45, 2.75) is 59.1 Å². The maximum absolute atomic E-state index is 12.0. The Labute approximate surface area is 208 Å². The lowest BCUT2D eigenvalue weighted by Crippen LogP contribution is -2.54. The van der Waals surface area contributed by atoms with Crippen LogP contribution in [0.1, 0.15) is 45.9 Å². The molecule has 0 spiro atoms. The maximum Gasteiger partial charge on any atom is 0.408 e. The molecule has 32 heavy (non-hydrogen) atoms. The fourth-order valence-electron chi connectivity index (χ4n) is 2.71. The van der Waals surface area contributed by atoms with E-state index in [0.29, 0.717) is 31.4 Å². The normalized spacial score (nSPS) is 12.0. The van der Waals surface area contributed by atoms with Crippen molar-refractivity contribution in [3.8, 4) is 11.5 Å². The fraction of sp³-hybridized carbons (Fsp3) is 0.522. The molecule has 0 saturated carbocycles. The molecule has 1 aromatic heterocycles. The van der Waals surface area contributed by atoms with Gasteiger partial charge in [-0.25, -0.2) is 9.78 Å². The molecule has 0 saturated heterocycles. The molecule has 0 bridgehead atoms. The van der Waals surface area contributed by atoms with Crippen molar-refractivity contribution in [2.24, 2.45) is 4.99 Å². The number of halogens is 1. The first-order chi connectivity index (χ1) is 14.5. The van der Waals surface area contributed by atoms with Gasteiger partial charge in [0.2, 0.25) is 5.89 Å². The number of amides is 1. The molecule has 1 amide bonds. The number of rotatable bonds is 7. The third-order valence-electron chi connectivity index (χ3n) is 4.28. The summed E-state index contributed by atoms with van der Waals surface area (Å²) in [5, 5.41) is 9.34. The summed E-state index contributed by atoms with van der Waals surface area (Å²) in [5.74, 6) is 1.26. The van der Waals surface area contributed by atoms with Crippen LogP contribution in [0.15, 0.2) is 39.9 Å². The van der Waals surface area contributed by atoms with Crippen molar-refractivity contribution in [1.82, 2.24) is 20.9 Å². The van der Waals surface area contributed by atoms with Crippen LogP contribution < -0.4 is 16.0 Å². The number of alkyl carbamates (subject to hydrolysis) is 1. The number of aryl methyl sites for hydroxylation is 1. The van der Waals surface area contributed by atoms with Crippen molar-refractivity contribution in [2.75, 3.05) is 20.1 Å². The summed E-state index contributed by atoms with van der Waals surface area (Å²) in [6.07, 6.45) is 1.92. The first-order valence-corrected chi connectivity index (χ1v) is 10.4. The van der Waals surface area contributed by atoms with E-state index in [1.54, 1.807) is 13.3 Å². The number of benzene rings is 1. The minimum absolute atomic E-state index is 0. The van der Waals surface area contributed by atoms with E-state index in [1.807, 2.05) is 65.8 Å². The highest BCUT2D eigenvalue weighted by molar-refractivity contribution is 14.0. The summed E-state index contributed by atoms with van der Waals surface area (Å²) < 4.78 is 10.9. The van der Waals surface area contributed by atoms with Crippen LogP contribution in [0, 0.1) is 6.92 Å². The van der Waals surface area contributed by atoms with Crippen LogP contribution in [0.5, 0.6) is 0 Å². The number of carbonyl (C=O) groups is 1. The predicted octanol–water partition coefficient (Wildman–Crippen LogP) is 4.28. The zero-order valence-corrected chi connectivity index (χ0v) is 22.4. The molecule has 0 radical (unpaired) electrons. The number of nitrogens with one attached hydrogen (secondary N) is 3. The number of aliphatic imine (C=N–C) groups is 1. The van der Waals surface area contributed by atoms with Gasteiger partial charge in [-0.15, -0.1) is 24.0 Å². The van der Waals surface area contributed by atoms with Gasteiger partial charge in [-0.3, -0.25) is 4.99 Å². The zero-order chi connectivity index (χ0) is 23.1. The average Bonchev–Trinajstić information content (AvgIpc) is 3.12. The molecule has 0 atom stereocenters. The molecule has 1 heterocycles. The van der Waals surface area contributed by atoms with Crippen molar-refractivity contribution in [1.29, 1.82) is 0 Å². The van der Waals surface area contributed by atoms with Gasteiger partial charge in [-0.1, -0.05) is 17.7 Å². The maximum atomic E-state index is 12.0. The Hall–Kier alpha value is -2.30. The molecule has 2 rings (SSSR count). The number of nitrogens with zero attached hydrogens (tertiary/aromatic N) is 2. The Bertz CT molecular complexity index is 886. The molecule has 0 fully saturated rings. The van der Waals surface area contributed by atoms with E-state index < -0.39 is 17.2 Å². The van der Waals surface area contributed by atoms with Crippen molar-refractivity contribution >= 4 is 36.0 Å². The lowest BCUT2D eigenvalue weighted by Gasteiger charge is -2.29. The van der Waals surface area contributed by atoms with Gasteiger partial charge in [0.15, 0.2) is 5.96 Å². The Morgan fingerprint density at radius 2 is 1.78 bits per heavy atom. The summed E-state index contributed by atoms with van der Waals surface area (Å²) >= 11 is 0. The zero-order valence-electron chi connectivity index (χ0n) is 20.0. The van der Waals surface area contributed by atoms with E-state index in [1.165, 1.54) is 5.56 Å². The highest BCUT2D eigenvalue weighted by atomic mass is 127. The van der Waals surface area contributed by atoms with Crippen LogP contribution in [0.4, 0.5) is 4.79 Å². The van der Waals surface area contributed by atoms with Crippen molar-refractivity contribution < 1.29 is 13.9 Å². The standard InChI is InChI=1S/C23H35N5O3.HI/c1-16-8-10-17(11-9-16)19-27-18(14-30-19)12-13-25-20(24-7)26-15-23(5,6)28-21(29)31-22(2,3)4;/h8-11,14H,12-13,15H2,1-7H3,(H,28,29)(H2,24,25,26);1H. The highest BCUT2D eigenvalue weighted by Gasteiger charge is 2.24. The van der Waals surface area contributed by atoms with Gasteiger partial charge in [0.05, 0.1) is 11.2 Å². The van der Waals surface area contributed by atoms with E-state index in [9.17, 15) is 4.79 Å². The molecule has 9 heteroatoms. The minimum Gasteiger partial charge on any atom is -0.444 e. The molecule has 2 aromatic rings. The topological polar surface area (TPSA) is 101 Å². The molecule has 178 valence electrons. The minimum atomic E-state index is -0.536. The van der Waals surface area contributed by atoms with Gasteiger partial charge in [-0.2, -0.15) is 0 Å². The van der Waals surface area contributed by atoms with Crippen LogP contribution in [0.2, 0.25) is 0 Å². The summed E-state index contributed by atoms with van der Waals surface area (Å²) in [6, 6.07) is 8.08. The second kappa shape index (κ2) is 12.1. The highest BCUT2D eigenvalue weighted by Crippen LogP contribution is 2.19. The predicted molar refractivity (Wildman–Crippen MR) is 139 cm³/mol. The molecule has 3 N–H and O–H groups in total. The Morgan fingerprint density at radius 3 is 2.38 bits per heavy atom. The Kier molecular flexibility index (Phi) is 10.5. The monoisotopic (exact) mass is 557 g/mol.